The lowest BCUT2D eigenvalue weighted by Gasteiger charge is -1.95. The molecule has 0 aromatic carbocycles. The average Bonchev–Trinajstić information content (AvgIpc) is 3.18. The molecule has 128 valence electrons. The Morgan fingerprint density at radius 3 is 1.87 bits per heavy atom. The minimum atomic E-state index is -0.224. The van der Waals surface area contributed by atoms with Gasteiger partial charge in [0, 0.05) is 9.75 Å². The van der Waals surface area contributed by atoms with Crippen molar-refractivity contribution in [3.05, 3.63) is 43.8 Å². The lowest BCUT2D eigenvalue weighted by molar-refractivity contribution is 0.0532. The van der Waals surface area contributed by atoms with Gasteiger partial charge in [0.05, 0.1) is 11.5 Å². The van der Waals surface area contributed by atoms with Crippen molar-refractivity contribution in [1.29, 1.82) is 0 Å². The molecule has 2 heterocycles. The number of rotatable bonds is 3. The first-order valence-electron chi connectivity index (χ1n) is 6.62. The lowest BCUT2D eigenvalue weighted by atomic mass is 10.4. The molecule has 0 aliphatic carbocycles. The van der Waals surface area contributed by atoms with Crippen molar-refractivity contribution >= 4 is 34.6 Å². The van der Waals surface area contributed by atoms with Gasteiger partial charge in [0.15, 0.2) is 0 Å². The number of nitrogens with two attached hydrogens (primary N) is 3. The number of amides is 1. The molecule has 0 bridgehead atoms. The summed E-state index contributed by atoms with van der Waals surface area (Å²) in [5.41, 5.74) is 2.07. The van der Waals surface area contributed by atoms with Gasteiger partial charge in [-0.1, -0.05) is 0 Å². The Morgan fingerprint density at radius 1 is 1.04 bits per heavy atom. The molecule has 1 amide bonds. The number of carbonyl (C=O) groups is 2. The summed E-state index contributed by atoms with van der Waals surface area (Å²) in [6.07, 6.45) is 0. The average molecular weight is 358 g/mol. The molecule has 2 aromatic heterocycles. The molecule has 0 fully saturated rings. The van der Waals surface area contributed by atoms with Crippen molar-refractivity contribution in [2.24, 2.45) is 17.5 Å². The van der Waals surface area contributed by atoms with Crippen LogP contribution in [0.15, 0.2) is 24.3 Å². The molecule has 0 spiro atoms. The van der Waals surface area contributed by atoms with E-state index in [1.165, 1.54) is 22.7 Å². The maximum absolute atomic E-state index is 11.0. The van der Waals surface area contributed by atoms with E-state index in [1.807, 2.05) is 26.0 Å². The molecule has 2 rings (SSSR count). The van der Waals surface area contributed by atoms with E-state index in [2.05, 4.69) is 17.1 Å². The van der Waals surface area contributed by atoms with E-state index in [4.69, 9.17) is 10.6 Å². The highest BCUT2D eigenvalue weighted by molar-refractivity contribution is 7.14. The second kappa shape index (κ2) is 11.7. The van der Waals surface area contributed by atoms with Crippen LogP contribution >= 0.6 is 22.7 Å². The monoisotopic (exact) mass is 358 g/mol. The number of thiophene rings is 2. The summed E-state index contributed by atoms with van der Waals surface area (Å²) >= 11 is 2.89. The molecule has 7 N–H and O–H groups in total. The molecule has 23 heavy (non-hydrogen) atoms. The van der Waals surface area contributed by atoms with Crippen LogP contribution in [0, 0.1) is 13.8 Å². The molecule has 0 saturated heterocycles. The predicted molar refractivity (Wildman–Crippen MR) is 94.1 cm³/mol. The number of esters is 1. The van der Waals surface area contributed by atoms with Gasteiger partial charge in [0.2, 0.25) is 0 Å². The Kier molecular flexibility index (Phi) is 10.8. The molecule has 0 radical (unpaired) electrons. The molecule has 0 saturated carbocycles. The summed E-state index contributed by atoms with van der Waals surface area (Å²) in [6, 6.07) is 7.34. The topological polar surface area (TPSA) is 133 Å². The number of aryl methyl sites for hydroxylation is 2. The van der Waals surface area contributed by atoms with Gasteiger partial charge in [0.25, 0.3) is 5.91 Å². The van der Waals surface area contributed by atoms with E-state index in [1.54, 1.807) is 19.1 Å². The van der Waals surface area contributed by atoms with Gasteiger partial charge < -0.3 is 4.74 Å². The van der Waals surface area contributed by atoms with Crippen LogP contribution in [0.25, 0.3) is 0 Å². The van der Waals surface area contributed by atoms with Crippen LogP contribution in [0.2, 0.25) is 0 Å². The normalized spacial score (nSPS) is 8.96. The SMILES string of the molecule is CCOC(=O)c1ccc(C)s1.Cc1ccc(C(=O)NN)s1.NN. The van der Waals surface area contributed by atoms with E-state index >= 15 is 0 Å². The largest absolute Gasteiger partial charge is 0.462 e. The Morgan fingerprint density at radius 2 is 1.52 bits per heavy atom. The fraction of sp³-hybridized carbons (Fsp3) is 0.286. The lowest BCUT2D eigenvalue weighted by Crippen LogP contribution is -2.29. The molecular formula is C14H22N4O3S2. The molecule has 0 unspecified atom stereocenters. The molecule has 2 aromatic rings. The van der Waals surface area contributed by atoms with Gasteiger partial charge in [-0.05, 0) is 45.0 Å². The van der Waals surface area contributed by atoms with Crippen molar-refractivity contribution in [1.82, 2.24) is 5.43 Å². The number of ether oxygens (including phenoxy) is 1. The molecule has 7 nitrogen and oxygen atoms in total. The van der Waals surface area contributed by atoms with Gasteiger partial charge in [-0.15, -0.1) is 22.7 Å². The van der Waals surface area contributed by atoms with E-state index in [-0.39, 0.29) is 11.9 Å². The van der Waals surface area contributed by atoms with Gasteiger partial charge in [-0.3, -0.25) is 21.9 Å². The fourth-order valence-electron chi connectivity index (χ4n) is 1.37. The molecule has 0 aliphatic rings. The van der Waals surface area contributed by atoms with Gasteiger partial charge in [0.1, 0.15) is 4.88 Å². The highest BCUT2D eigenvalue weighted by Gasteiger charge is 2.07. The van der Waals surface area contributed by atoms with Crippen LogP contribution in [0.1, 0.15) is 36.0 Å². The summed E-state index contributed by atoms with van der Waals surface area (Å²) in [6.45, 7) is 6.15. The quantitative estimate of drug-likeness (QED) is 0.286. The van der Waals surface area contributed by atoms with Crippen molar-refractivity contribution in [3.63, 3.8) is 0 Å². The molecule has 0 aliphatic heterocycles. The third-order valence-electron chi connectivity index (χ3n) is 2.31. The minimum Gasteiger partial charge on any atom is -0.462 e. The molecule has 0 atom stereocenters. The fourth-order valence-corrected chi connectivity index (χ4v) is 2.91. The highest BCUT2D eigenvalue weighted by Crippen LogP contribution is 2.15. The maximum atomic E-state index is 11.0. The predicted octanol–water partition coefficient (Wildman–Crippen LogP) is 1.71. The minimum absolute atomic E-state index is 0.217. The van der Waals surface area contributed by atoms with E-state index in [0.717, 1.165) is 9.75 Å². The number of hydrogen-bond donors (Lipinski definition) is 4. The zero-order chi connectivity index (χ0) is 17.8. The smallest absolute Gasteiger partial charge is 0.348 e. The van der Waals surface area contributed by atoms with Crippen molar-refractivity contribution in [2.45, 2.75) is 20.8 Å². The first-order chi connectivity index (χ1) is 11.0. The third-order valence-corrected chi connectivity index (χ3v) is 4.29. The van der Waals surface area contributed by atoms with Crippen LogP contribution < -0.4 is 23.0 Å². The van der Waals surface area contributed by atoms with Crippen LogP contribution in [0.5, 0.6) is 0 Å². The summed E-state index contributed by atoms with van der Waals surface area (Å²) in [5, 5.41) is 0. The van der Waals surface area contributed by atoms with Crippen molar-refractivity contribution in [3.8, 4) is 0 Å². The van der Waals surface area contributed by atoms with Crippen molar-refractivity contribution < 1.29 is 14.3 Å². The van der Waals surface area contributed by atoms with Crippen LogP contribution in [0.3, 0.4) is 0 Å². The summed E-state index contributed by atoms with van der Waals surface area (Å²) in [5.74, 6) is 12.5. The van der Waals surface area contributed by atoms with E-state index in [9.17, 15) is 9.59 Å². The van der Waals surface area contributed by atoms with Gasteiger partial charge >= 0.3 is 5.97 Å². The summed E-state index contributed by atoms with van der Waals surface area (Å²) in [7, 11) is 0. The van der Waals surface area contributed by atoms with Gasteiger partial charge in [-0.25, -0.2) is 10.6 Å². The Hall–Kier alpha value is -1.78. The number of hydrogen-bond acceptors (Lipinski definition) is 8. The van der Waals surface area contributed by atoms with Crippen LogP contribution in [-0.4, -0.2) is 18.5 Å². The zero-order valence-corrected chi connectivity index (χ0v) is 14.9. The number of nitrogens with one attached hydrogen (secondary N) is 1. The Bertz CT molecular complexity index is 611. The van der Waals surface area contributed by atoms with E-state index < -0.39 is 0 Å². The highest BCUT2D eigenvalue weighted by atomic mass is 32.1. The van der Waals surface area contributed by atoms with Crippen LogP contribution in [-0.2, 0) is 4.74 Å². The summed E-state index contributed by atoms with van der Waals surface area (Å²) < 4.78 is 4.81. The van der Waals surface area contributed by atoms with Crippen molar-refractivity contribution in [2.75, 3.05) is 6.61 Å². The van der Waals surface area contributed by atoms with Gasteiger partial charge in [-0.2, -0.15) is 0 Å². The number of nitrogen functional groups attached to an aromatic ring is 1. The van der Waals surface area contributed by atoms with Crippen LogP contribution in [0.4, 0.5) is 0 Å². The standard InChI is InChI=1S/C8H10O2S.C6H8N2OS.H4N2/c1-3-10-8(9)7-5-4-6(2)11-7;1-4-2-3-5(10-4)6(9)8-7;1-2/h4-5H,3H2,1-2H3;2-3H,7H2,1H3,(H,8,9);1-2H2. The second-order valence-electron chi connectivity index (χ2n) is 4.01. The Labute approximate surface area is 143 Å². The molecule has 9 heteroatoms. The second-order valence-corrected chi connectivity index (χ2v) is 6.59. The summed E-state index contributed by atoms with van der Waals surface area (Å²) in [4.78, 5) is 25.4. The Balaban J connectivity index is 0.000000381. The molecular weight excluding hydrogens is 336 g/mol. The first kappa shape index (κ1) is 21.2. The number of carbonyl (C=O) groups excluding carboxylic acids is 2. The first-order valence-corrected chi connectivity index (χ1v) is 8.25. The third kappa shape index (κ3) is 7.86. The van der Waals surface area contributed by atoms with E-state index in [0.29, 0.717) is 16.4 Å². The maximum Gasteiger partial charge on any atom is 0.348 e. The zero-order valence-electron chi connectivity index (χ0n) is 13.3. The number of hydrazine groups is 2.